The summed E-state index contributed by atoms with van der Waals surface area (Å²) in [5.41, 5.74) is 2.36. The molecule has 0 saturated heterocycles. The molecule has 0 bridgehead atoms. The largest absolute Gasteiger partial charge is 0.384 e. The molecule has 0 aromatic heterocycles. The highest BCUT2D eigenvalue weighted by Crippen LogP contribution is 2.14. The summed E-state index contributed by atoms with van der Waals surface area (Å²) in [5, 5.41) is 11.9. The van der Waals surface area contributed by atoms with Crippen LogP contribution in [0.4, 0.5) is 5.69 Å². The van der Waals surface area contributed by atoms with E-state index in [1.54, 1.807) is 12.1 Å². The van der Waals surface area contributed by atoms with Crippen molar-refractivity contribution in [3.63, 3.8) is 0 Å². The molecule has 0 heterocycles. The topological polar surface area (TPSA) is 70.0 Å². The van der Waals surface area contributed by atoms with E-state index in [0.717, 1.165) is 11.3 Å². The molecule has 0 aliphatic carbocycles. The Morgan fingerprint density at radius 1 is 1.14 bits per heavy atom. The van der Waals surface area contributed by atoms with Crippen molar-refractivity contribution in [1.29, 1.82) is 5.26 Å². The SMILES string of the molecule is Cc1cccc(NCCS(=O)(=O)c2cccc(C#N)c2)c1. The Morgan fingerprint density at radius 3 is 2.62 bits per heavy atom. The number of sulfone groups is 1. The fourth-order valence-electron chi connectivity index (χ4n) is 1.96. The standard InChI is InChI=1S/C16H16N2O2S/c1-13-4-2-6-15(10-13)18-8-9-21(19,20)16-7-3-5-14(11-16)12-17/h2-7,10-11,18H,8-9H2,1H3. The van der Waals surface area contributed by atoms with Crippen molar-refractivity contribution >= 4 is 15.5 Å². The van der Waals surface area contributed by atoms with Gasteiger partial charge in [0.05, 0.1) is 22.3 Å². The van der Waals surface area contributed by atoms with Crippen LogP contribution in [-0.4, -0.2) is 20.7 Å². The average Bonchev–Trinajstić information content (AvgIpc) is 2.47. The van der Waals surface area contributed by atoms with Crippen LogP contribution in [0.3, 0.4) is 0 Å². The van der Waals surface area contributed by atoms with E-state index in [1.807, 2.05) is 37.3 Å². The van der Waals surface area contributed by atoms with Gasteiger partial charge in [-0.25, -0.2) is 8.42 Å². The van der Waals surface area contributed by atoms with Crippen LogP contribution in [0.1, 0.15) is 11.1 Å². The lowest BCUT2D eigenvalue weighted by atomic mass is 10.2. The van der Waals surface area contributed by atoms with E-state index in [0.29, 0.717) is 12.1 Å². The smallest absolute Gasteiger partial charge is 0.180 e. The van der Waals surface area contributed by atoms with Crippen LogP contribution >= 0.6 is 0 Å². The van der Waals surface area contributed by atoms with Gasteiger partial charge >= 0.3 is 0 Å². The van der Waals surface area contributed by atoms with E-state index in [4.69, 9.17) is 5.26 Å². The van der Waals surface area contributed by atoms with Crippen molar-refractivity contribution in [3.8, 4) is 6.07 Å². The zero-order valence-electron chi connectivity index (χ0n) is 11.7. The molecular weight excluding hydrogens is 284 g/mol. The fourth-order valence-corrected chi connectivity index (χ4v) is 3.16. The minimum atomic E-state index is -3.39. The first kappa shape index (κ1) is 15.1. The molecule has 2 aromatic rings. The van der Waals surface area contributed by atoms with E-state index in [9.17, 15) is 8.42 Å². The zero-order valence-corrected chi connectivity index (χ0v) is 12.5. The molecule has 108 valence electrons. The summed E-state index contributed by atoms with van der Waals surface area (Å²) in [6.45, 7) is 2.30. The van der Waals surface area contributed by atoms with Gasteiger partial charge in [0, 0.05) is 12.2 Å². The number of aryl methyl sites for hydroxylation is 1. The summed E-state index contributed by atoms with van der Waals surface area (Å²) in [4.78, 5) is 0.188. The molecule has 0 amide bonds. The monoisotopic (exact) mass is 300 g/mol. The summed E-state index contributed by atoms with van der Waals surface area (Å²) in [5.74, 6) is -0.0180. The minimum Gasteiger partial charge on any atom is -0.384 e. The molecule has 0 aliphatic heterocycles. The number of anilines is 1. The number of rotatable bonds is 5. The van der Waals surface area contributed by atoms with Crippen LogP contribution in [0, 0.1) is 18.3 Å². The van der Waals surface area contributed by atoms with E-state index in [1.165, 1.54) is 12.1 Å². The van der Waals surface area contributed by atoms with E-state index >= 15 is 0 Å². The number of nitriles is 1. The maximum atomic E-state index is 12.2. The number of nitrogens with one attached hydrogen (secondary N) is 1. The van der Waals surface area contributed by atoms with Gasteiger partial charge in [0.1, 0.15) is 0 Å². The van der Waals surface area contributed by atoms with Crippen molar-refractivity contribution in [2.75, 3.05) is 17.6 Å². The highest BCUT2D eigenvalue weighted by atomic mass is 32.2. The highest BCUT2D eigenvalue weighted by molar-refractivity contribution is 7.91. The number of benzene rings is 2. The van der Waals surface area contributed by atoms with E-state index in [2.05, 4.69) is 5.32 Å². The van der Waals surface area contributed by atoms with Crippen LogP contribution in [0.15, 0.2) is 53.4 Å². The van der Waals surface area contributed by atoms with Crippen molar-refractivity contribution in [2.45, 2.75) is 11.8 Å². The molecule has 0 fully saturated rings. The van der Waals surface area contributed by atoms with Gasteiger partial charge in [-0.3, -0.25) is 0 Å². The molecule has 0 unspecified atom stereocenters. The third kappa shape index (κ3) is 4.07. The van der Waals surface area contributed by atoms with Crippen molar-refractivity contribution in [3.05, 3.63) is 59.7 Å². The maximum Gasteiger partial charge on any atom is 0.180 e. The lowest BCUT2D eigenvalue weighted by Gasteiger charge is -2.08. The molecular formula is C16H16N2O2S. The third-order valence-electron chi connectivity index (χ3n) is 3.04. The third-order valence-corrected chi connectivity index (χ3v) is 4.75. The summed E-state index contributed by atoms with van der Waals surface area (Å²) >= 11 is 0. The quantitative estimate of drug-likeness (QED) is 0.921. The normalized spacial score (nSPS) is 10.9. The van der Waals surface area contributed by atoms with Crippen LogP contribution in [-0.2, 0) is 9.84 Å². The van der Waals surface area contributed by atoms with Gasteiger partial charge in [-0.2, -0.15) is 5.26 Å². The molecule has 2 rings (SSSR count). The zero-order chi connectivity index (χ0) is 15.3. The lowest BCUT2D eigenvalue weighted by molar-refractivity contribution is 0.596. The average molecular weight is 300 g/mol. The predicted octanol–water partition coefficient (Wildman–Crippen LogP) is 2.75. The molecule has 2 aromatic carbocycles. The molecule has 21 heavy (non-hydrogen) atoms. The Balaban J connectivity index is 2.03. The highest BCUT2D eigenvalue weighted by Gasteiger charge is 2.14. The van der Waals surface area contributed by atoms with Crippen molar-refractivity contribution < 1.29 is 8.42 Å². The number of hydrogen-bond acceptors (Lipinski definition) is 4. The van der Waals surface area contributed by atoms with E-state index < -0.39 is 9.84 Å². The van der Waals surface area contributed by atoms with Gasteiger partial charge in [-0.15, -0.1) is 0 Å². The van der Waals surface area contributed by atoms with Gasteiger partial charge in [0.15, 0.2) is 9.84 Å². The van der Waals surface area contributed by atoms with Crippen LogP contribution in [0.5, 0.6) is 0 Å². The second kappa shape index (κ2) is 6.42. The first-order valence-electron chi connectivity index (χ1n) is 6.55. The second-order valence-electron chi connectivity index (χ2n) is 4.75. The number of hydrogen-bond donors (Lipinski definition) is 1. The second-order valence-corrected chi connectivity index (χ2v) is 6.86. The fraction of sp³-hybridized carbons (Fsp3) is 0.188. The van der Waals surface area contributed by atoms with Gasteiger partial charge in [0.2, 0.25) is 0 Å². The summed E-state index contributed by atoms with van der Waals surface area (Å²) in [6, 6.07) is 15.8. The summed E-state index contributed by atoms with van der Waals surface area (Å²) in [7, 11) is -3.39. The maximum absolute atomic E-state index is 12.2. The van der Waals surface area contributed by atoms with Crippen molar-refractivity contribution in [2.24, 2.45) is 0 Å². The van der Waals surface area contributed by atoms with E-state index in [-0.39, 0.29) is 10.6 Å². The van der Waals surface area contributed by atoms with Crippen LogP contribution < -0.4 is 5.32 Å². The Bertz CT molecular complexity index is 777. The van der Waals surface area contributed by atoms with Gasteiger partial charge in [-0.05, 0) is 42.8 Å². The van der Waals surface area contributed by atoms with Gasteiger partial charge < -0.3 is 5.32 Å². The summed E-state index contributed by atoms with van der Waals surface area (Å²) < 4.78 is 24.4. The molecule has 0 saturated carbocycles. The van der Waals surface area contributed by atoms with Crippen molar-refractivity contribution in [1.82, 2.24) is 0 Å². The lowest BCUT2D eigenvalue weighted by Crippen LogP contribution is -2.16. The van der Waals surface area contributed by atoms with Crippen LogP contribution in [0.2, 0.25) is 0 Å². The molecule has 4 nitrogen and oxygen atoms in total. The molecule has 0 radical (unpaired) electrons. The molecule has 5 heteroatoms. The van der Waals surface area contributed by atoms with Gasteiger partial charge in [0.25, 0.3) is 0 Å². The summed E-state index contributed by atoms with van der Waals surface area (Å²) in [6.07, 6.45) is 0. The Morgan fingerprint density at radius 2 is 1.90 bits per heavy atom. The molecule has 1 N–H and O–H groups in total. The Labute approximate surface area is 125 Å². The van der Waals surface area contributed by atoms with Gasteiger partial charge in [-0.1, -0.05) is 18.2 Å². The molecule has 0 atom stereocenters. The predicted molar refractivity (Wildman–Crippen MR) is 82.9 cm³/mol. The van der Waals surface area contributed by atoms with Crippen LogP contribution in [0.25, 0.3) is 0 Å². The minimum absolute atomic E-state index is 0.0180. The number of nitrogens with zero attached hydrogens (tertiary/aromatic N) is 1. The Kier molecular flexibility index (Phi) is 4.61. The Hall–Kier alpha value is -2.32. The first-order chi connectivity index (χ1) is 10.0. The first-order valence-corrected chi connectivity index (χ1v) is 8.20. The molecule has 0 spiro atoms. The molecule has 0 aliphatic rings.